The highest BCUT2D eigenvalue weighted by Crippen LogP contribution is 2.40. The van der Waals surface area contributed by atoms with Crippen molar-refractivity contribution in [2.75, 3.05) is 20.7 Å². The normalized spacial score (nSPS) is 21.0. The molecule has 1 aromatic carbocycles. The lowest BCUT2D eigenvalue weighted by Gasteiger charge is -2.41. The molecule has 0 N–H and O–H groups in total. The van der Waals surface area contributed by atoms with Gasteiger partial charge >= 0.3 is 12.1 Å². The van der Waals surface area contributed by atoms with Gasteiger partial charge in [-0.1, -0.05) is 24.3 Å². The molecule has 1 aliphatic heterocycles. The molecule has 0 fully saturated rings. The Kier molecular flexibility index (Phi) is 5.89. The van der Waals surface area contributed by atoms with Gasteiger partial charge in [0.05, 0.1) is 13.7 Å². The smallest absolute Gasteiger partial charge is 0.421 e. The van der Waals surface area contributed by atoms with Gasteiger partial charge < -0.3 is 4.74 Å². The maximum absolute atomic E-state index is 13.7. The molecule has 0 radical (unpaired) electrons. The van der Waals surface area contributed by atoms with E-state index in [1.807, 2.05) is 0 Å². The van der Waals surface area contributed by atoms with Crippen LogP contribution in [-0.2, 0) is 14.3 Å². The number of rotatable bonds is 5. The SMILES string of the molecule is COC(=O)C1(C(F)(F)F)C=C(CCC(=O)c2ccccc2C)C(=O)CN1C. The van der Waals surface area contributed by atoms with Crippen molar-refractivity contribution in [3.8, 4) is 0 Å². The van der Waals surface area contributed by atoms with Crippen molar-refractivity contribution >= 4 is 17.5 Å². The topological polar surface area (TPSA) is 63.7 Å². The third kappa shape index (κ3) is 3.80. The van der Waals surface area contributed by atoms with E-state index in [0.717, 1.165) is 19.7 Å². The van der Waals surface area contributed by atoms with Crippen molar-refractivity contribution in [3.63, 3.8) is 0 Å². The second-order valence-electron chi connectivity index (χ2n) is 6.44. The minimum atomic E-state index is -4.99. The first-order valence-corrected chi connectivity index (χ1v) is 8.24. The number of carbonyl (C=O) groups is 3. The number of likely N-dealkylation sites (N-methyl/N-ethyl adjacent to an activating group) is 1. The highest BCUT2D eigenvalue weighted by atomic mass is 19.4. The number of carbonyl (C=O) groups excluding carboxylic acids is 3. The summed E-state index contributed by atoms with van der Waals surface area (Å²) in [6.45, 7) is 1.15. The molecule has 0 bridgehead atoms. The highest BCUT2D eigenvalue weighted by Gasteiger charge is 2.64. The molecule has 0 saturated carbocycles. The van der Waals surface area contributed by atoms with Gasteiger partial charge in [-0.05, 0) is 37.6 Å². The molecule has 0 aromatic heterocycles. The van der Waals surface area contributed by atoms with Crippen molar-refractivity contribution in [1.29, 1.82) is 0 Å². The number of esters is 1. The molecule has 0 spiro atoms. The Morgan fingerprint density at radius 2 is 1.89 bits per heavy atom. The molecule has 0 aliphatic carbocycles. The predicted octanol–water partition coefficient (Wildman–Crippen LogP) is 2.87. The lowest BCUT2D eigenvalue weighted by atomic mass is 9.85. The van der Waals surface area contributed by atoms with Crippen LogP contribution >= 0.6 is 0 Å². The van der Waals surface area contributed by atoms with Crippen molar-refractivity contribution in [2.24, 2.45) is 0 Å². The van der Waals surface area contributed by atoms with Crippen LogP contribution in [0.2, 0.25) is 0 Å². The minimum absolute atomic E-state index is 0.138. The van der Waals surface area contributed by atoms with Crippen LogP contribution in [0.4, 0.5) is 13.2 Å². The average molecular weight is 383 g/mol. The third-order valence-corrected chi connectivity index (χ3v) is 4.72. The van der Waals surface area contributed by atoms with Gasteiger partial charge in [0.15, 0.2) is 11.6 Å². The fraction of sp³-hybridized carbons (Fsp3) is 0.421. The van der Waals surface area contributed by atoms with Gasteiger partial charge in [-0.15, -0.1) is 0 Å². The van der Waals surface area contributed by atoms with Gasteiger partial charge in [-0.25, -0.2) is 4.79 Å². The van der Waals surface area contributed by atoms with Crippen LogP contribution in [0.25, 0.3) is 0 Å². The largest absolute Gasteiger partial charge is 0.467 e. The molecule has 0 amide bonds. The summed E-state index contributed by atoms with van der Waals surface area (Å²) < 4.78 is 45.6. The second kappa shape index (κ2) is 7.64. The minimum Gasteiger partial charge on any atom is -0.467 e. The number of benzene rings is 1. The molecule has 2 rings (SSSR count). The van der Waals surface area contributed by atoms with E-state index in [4.69, 9.17) is 0 Å². The fourth-order valence-corrected chi connectivity index (χ4v) is 3.15. The summed E-state index contributed by atoms with van der Waals surface area (Å²) in [6.07, 6.45) is -4.72. The summed E-state index contributed by atoms with van der Waals surface area (Å²) in [5.41, 5.74) is -2.05. The van der Waals surface area contributed by atoms with E-state index in [-0.39, 0.29) is 24.2 Å². The Morgan fingerprint density at radius 1 is 1.26 bits per heavy atom. The predicted molar refractivity (Wildman–Crippen MR) is 91.3 cm³/mol. The maximum atomic E-state index is 13.7. The number of halogens is 3. The highest BCUT2D eigenvalue weighted by molar-refractivity contribution is 6.03. The van der Waals surface area contributed by atoms with Crippen molar-refractivity contribution < 1.29 is 32.3 Å². The van der Waals surface area contributed by atoms with E-state index in [2.05, 4.69) is 4.74 Å². The molecule has 5 nitrogen and oxygen atoms in total. The zero-order valence-electron chi connectivity index (χ0n) is 15.2. The first-order valence-electron chi connectivity index (χ1n) is 8.24. The van der Waals surface area contributed by atoms with E-state index in [1.54, 1.807) is 31.2 Å². The third-order valence-electron chi connectivity index (χ3n) is 4.72. The van der Waals surface area contributed by atoms with Crippen LogP contribution < -0.4 is 0 Å². The van der Waals surface area contributed by atoms with Gasteiger partial charge in [0.1, 0.15) is 0 Å². The van der Waals surface area contributed by atoms with E-state index < -0.39 is 30.0 Å². The number of hydrogen-bond acceptors (Lipinski definition) is 5. The number of hydrogen-bond donors (Lipinski definition) is 0. The summed E-state index contributed by atoms with van der Waals surface area (Å²) in [6, 6.07) is 6.82. The van der Waals surface area contributed by atoms with E-state index in [0.29, 0.717) is 16.5 Å². The van der Waals surface area contributed by atoms with E-state index in [1.165, 1.54) is 0 Å². The zero-order chi connectivity index (χ0) is 20.4. The standard InChI is InChI=1S/C19H20F3NO4/c1-12-6-4-5-7-14(12)15(24)9-8-13-10-18(17(26)27-3,19(20,21)22)23(2)11-16(13)25/h4-7,10H,8-9,11H2,1-3H3. The van der Waals surface area contributed by atoms with Crippen LogP contribution in [0.3, 0.4) is 0 Å². The van der Waals surface area contributed by atoms with Crippen molar-refractivity contribution in [2.45, 2.75) is 31.5 Å². The molecular weight excluding hydrogens is 363 g/mol. The van der Waals surface area contributed by atoms with Crippen LogP contribution in [-0.4, -0.2) is 54.9 Å². The van der Waals surface area contributed by atoms with Crippen LogP contribution in [0, 0.1) is 6.92 Å². The van der Waals surface area contributed by atoms with Crippen molar-refractivity contribution in [1.82, 2.24) is 4.90 Å². The number of methoxy groups -OCH3 is 1. The average Bonchev–Trinajstić information content (AvgIpc) is 2.59. The Balaban J connectivity index is 2.34. The molecule has 1 atom stereocenters. The van der Waals surface area contributed by atoms with Gasteiger partial charge in [0, 0.05) is 12.0 Å². The number of Topliss-reactive ketones (excluding diaryl/α,β-unsaturated/α-hetero) is 2. The van der Waals surface area contributed by atoms with Crippen LogP contribution in [0.1, 0.15) is 28.8 Å². The van der Waals surface area contributed by atoms with Crippen molar-refractivity contribution in [3.05, 3.63) is 47.0 Å². The number of nitrogens with zero attached hydrogens (tertiary/aromatic N) is 1. The van der Waals surface area contributed by atoms with Gasteiger partial charge in [0.25, 0.3) is 0 Å². The summed E-state index contributed by atoms with van der Waals surface area (Å²) in [4.78, 5) is 37.2. The summed E-state index contributed by atoms with van der Waals surface area (Å²) in [5.74, 6) is -2.36. The van der Waals surface area contributed by atoms with Gasteiger partial charge in [-0.2, -0.15) is 13.2 Å². The van der Waals surface area contributed by atoms with Crippen LogP contribution in [0.5, 0.6) is 0 Å². The first-order chi connectivity index (χ1) is 12.5. The molecule has 146 valence electrons. The number of ether oxygens (including phenoxy) is 1. The van der Waals surface area contributed by atoms with E-state index >= 15 is 0 Å². The number of aryl methyl sites for hydroxylation is 1. The van der Waals surface area contributed by atoms with Gasteiger partial charge in [0.2, 0.25) is 5.54 Å². The van der Waals surface area contributed by atoms with Gasteiger partial charge in [-0.3, -0.25) is 14.5 Å². The molecule has 1 aromatic rings. The Labute approximate surface area is 154 Å². The molecule has 0 saturated heterocycles. The molecule has 8 heteroatoms. The fourth-order valence-electron chi connectivity index (χ4n) is 3.15. The molecule has 1 aliphatic rings. The lowest BCUT2D eigenvalue weighted by molar-refractivity contribution is -0.223. The first kappa shape index (κ1) is 20.8. The monoisotopic (exact) mass is 383 g/mol. The lowest BCUT2D eigenvalue weighted by Crippen LogP contribution is -2.65. The summed E-state index contributed by atoms with van der Waals surface area (Å²) >= 11 is 0. The summed E-state index contributed by atoms with van der Waals surface area (Å²) in [7, 11) is 1.89. The zero-order valence-corrected chi connectivity index (χ0v) is 15.2. The number of alkyl halides is 3. The Bertz CT molecular complexity index is 800. The quantitative estimate of drug-likeness (QED) is 0.578. The number of ketones is 2. The Morgan fingerprint density at radius 3 is 2.44 bits per heavy atom. The molecule has 1 unspecified atom stereocenters. The molecular formula is C19H20F3NO4. The Hall–Kier alpha value is -2.48. The maximum Gasteiger partial charge on any atom is 0.421 e. The summed E-state index contributed by atoms with van der Waals surface area (Å²) in [5, 5.41) is 0. The second-order valence-corrected chi connectivity index (χ2v) is 6.44. The van der Waals surface area contributed by atoms with E-state index in [9.17, 15) is 27.6 Å². The molecule has 1 heterocycles. The molecule has 27 heavy (non-hydrogen) atoms. The van der Waals surface area contributed by atoms with Crippen LogP contribution in [0.15, 0.2) is 35.9 Å².